The first-order chi connectivity index (χ1) is 14.4. The fourth-order valence-electron chi connectivity index (χ4n) is 3.03. The van der Waals surface area contributed by atoms with Crippen molar-refractivity contribution in [2.45, 2.75) is 26.4 Å². The zero-order chi connectivity index (χ0) is 21.7. The Kier molecular flexibility index (Phi) is 7.08. The average Bonchev–Trinajstić information content (AvgIpc) is 2.73. The Morgan fingerprint density at radius 3 is 2.47 bits per heavy atom. The van der Waals surface area contributed by atoms with E-state index in [4.69, 9.17) is 16.3 Å². The molecule has 156 valence electrons. The molecule has 3 aromatic carbocycles. The van der Waals surface area contributed by atoms with Crippen molar-refractivity contribution < 1.29 is 13.9 Å². The van der Waals surface area contributed by atoms with Gasteiger partial charge in [-0.2, -0.15) is 0 Å². The molecule has 3 rings (SSSR count). The van der Waals surface area contributed by atoms with Crippen molar-refractivity contribution in [2.75, 3.05) is 12.4 Å². The number of amides is 1. The molecule has 0 unspecified atom stereocenters. The quantitative estimate of drug-likeness (QED) is 0.494. The fourth-order valence-corrected chi connectivity index (χ4v) is 3.22. The van der Waals surface area contributed by atoms with Crippen LogP contribution in [0.15, 0.2) is 60.7 Å². The Bertz CT molecular complexity index is 1050. The third kappa shape index (κ3) is 5.38. The molecule has 0 aromatic heterocycles. The molecule has 0 saturated carbocycles. The highest BCUT2D eigenvalue weighted by molar-refractivity contribution is 6.31. The Hall–Kier alpha value is -2.89. The second-order valence-electron chi connectivity index (χ2n) is 7.22. The zero-order valence-electron chi connectivity index (χ0n) is 17.1. The average molecular weight is 427 g/mol. The van der Waals surface area contributed by atoms with Crippen LogP contribution in [-0.2, 0) is 6.54 Å². The molecule has 3 aromatic rings. The van der Waals surface area contributed by atoms with E-state index in [1.807, 2.05) is 18.2 Å². The summed E-state index contributed by atoms with van der Waals surface area (Å²) in [4.78, 5) is 12.4. The minimum Gasteiger partial charge on any atom is -0.496 e. The Labute approximate surface area is 181 Å². The van der Waals surface area contributed by atoms with E-state index in [2.05, 4.69) is 24.5 Å². The van der Waals surface area contributed by atoms with Gasteiger partial charge in [-0.25, -0.2) is 4.39 Å². The van der Waals surface area contributed by atoms with Crippen molar-refractivity contribution in [1.82, 2.24) is 5.32 Å². The monoisotopic (exact) mass is 426 g/mol. The summed E-state index contributed by atoms with van der Waals surface area (Å²) in [6, 6.07) is 17.3. The van der Waals surface area contributed by atoms with Gasteiger partial charge in [0, 0.05) is 28.7 Å². The largest absolute Gasteiger partial charge is 0.496 e. The number of hydrogen-bond donors (Lipinski definition) is 2. The number of carbonyl (C=O) groups is 1. The van der Waals surface area contributed by atoms with E-state index in [1.54, 1.807) is 37.4 Å². The van der Waals surface area contributed by atoms with Crippen LogP contribution < -0.4 is 15.4 Å². The lowest BCUT2D eigenvalue weighted by atomic mass is 10.0. The molecule has 0 aliphatic carbocycles. The molecule has 0 heterocycles. The molecule has 0 saturated heterocycles. The van der Waals surface area contributed by atoms with Gasteiger partial charge in [0.1, 0.15) is 11.6 Å². The molecule has 6 heteroatoms. The minimum absolute atomic E-state index is 0.110. The van der Waals surface area contributed by atoms with Crippen molar-refractivity contribution in [1.29, 1.82) is 0 Å². The first-order valence-electron chi connectivity index (χ1n) is 9.64. The van der Waals surface area contributed by atoms with Crippen LogP contribution >= 0.6 is 11.6 Å². The first-order valence-corrected chi connectivity index (χ1v) is 10.0. The molecule has 0 spiro atoms. The zero-order valence-corrected chi connectivity index (χ0v) is 17.9. The molecule has 0 atom stereocenters. The maximum absolute atomic E-state index is 14.7. The number of benzene rings is 3. The van der Waals surface area contributed by atoms with Crippen LogP contribution in [-0.4, -0.2) is 19.1 Å². The van der Waals surface area contributed by atoms with Crippen LogP contribution in [0.1, 0.15) is 29.8 Å². The van der Waals surface area contributed by atoms with Gasteiger partial charge in [-0.15, -0.1) is 0 Å². The van der Waals surface area contributed by atoms with E-state index in [0.717, 1.165) is 16.9 Å². The Morgan fingerprint density at radius 2 is 1.80 bits per heavy atom. The Balaban J connectivity index is 1.82. The molecule has 0 radical (unpaired) electrons. The summed E-state index contributed by atoms with van der Waals surface area (Å²) >= 11 is 5.92. The van der Waals surface area contributed by atoms with Crippen LogP contribution in [0.3, 0.4) is 0 Å². The summed E-state index contributed by atoms with van der Waals surface area (Å²) < 4.78 is 20.1. The molecular weight excluding hydrogens is 403 g/mol. The molecular formula is C24H24ClFN2O2. The highest BCUT2D eigenvalue weighted by Gasteiger charge is 2.12. The van der Waals surface area contributed by atoms with E-state index in [0.29, 0.717) is 28.7 Å². The molecule has 0 aliphatic rings. The van der Waals surface area contributed by atoms with E-state index >= 15 is 0 Å². The molecule has 4 nitrogen and oxygen atoms in total. The number of rotatable bonds is 7. The molecule has 0 fully saturated rings. The van der Waals surface area contributed by atoms with E-state index in [-0.39, 0.29) is 5.69 Å². The van der Waals surface area contributed by atoms with E-state index < -0.39 is 11.7 Å². The van der Waals surface area contributed by atoms with Crippen LogP contribution in [0.25, 0.3) is 11.1 Å². The molecule has 2 N–H and O–H groups in total. The van der Waals surface area contributed by atoms with E-state index in [9.17, 15) is 9.18 Å². The van der Waals surface area contributed by atoms with Crippen LogP contribution in [0, 0.1) is 5.82 Å². The summed E-state index contributed by atoms with van der Waals surface area (Å²) in [6.45, 7) is 4.79. The smallest absolute Gasteiger partial charge is 0.255 e. The summed E-state index contributed by atoms with van der Waals surface area (Å²) in [7, 11) is 1.63. The van der Waals surface area contributed by atoms with Crippen LogP contribution in [0.2, 0.25) is 5.02 Å². The maximum atomic E-state index is 14.7. The number of anilines is 1. The molecule has 0 aliphatic heterocycles. The van der Waals surface area contributed by atoms with Crippen molar-refractivity contribution in [2.24, 2.45) is 0 Å². The standard InChI is InChI=1S/C24H24ClFN2O2/c1-15(2)27-14-19-11-16(8-10-23(19)30-3)17-7-9-22(21(26)13-17)28-24(29)18-5-4-6-20(25)12-18/h4-13,15,27H,14H2,1-3H3,(H,28,29). The van der Waals surface area contributed by atoms with Gasteiger partial charge in [0.25, 0.3) is 5.91 Å². The number of methoxy groups -OCH3 is 1. The summed E-state index contributed by atoms with van der Waals surface area (Å²) in [5.41, 5.74) is 3.04. The normalized spacial score (nSPS) is 10.9. The second-order valence-corrected chi connectivity index (χ2v) is 7.66. The SMILES string of the molecule is COc1ccc(-c2ccc(NC(=O)c3cccc(Cl)c3)c(F)c2)cc1CNC(C)C. The van der Waals surface area contributed by atoms with Crippen LogP contribution in [0.5, 0.6) is 5.75 Å². The number of hydrogen-bond acceptors (Lipinski definition) is 3. The van der Waals surface area contributed by atoms with Crippen molar-refractivity contribution >= 4 is 23.2 Å². The minimum atomic E-state index is -0.513. The predicted octanol–water partition coefficient (Wildman–Crippen LogP) is 5.91. The lowest BCUT2D eigenvalue weighted by Crippen LogP contribution is -2.22. The number of carbonyl (C=O) groups excluding carboxylic acids is 1. The first kappa shape index (κ1) is 21.8. The number of nitrogens with one attached hydrogen (secondary N) is 2. The third-order valence-electron chi connectivity index (χ3n) is 4.62. The third-order valence-corrected chi connectivity index (χ3v) is 4.85. The second kappa shape index (κ2) is 9.74. The molecule has 0 bridgehead atoms. The van der Waals surface area contributed by atoms with Gasteiger partial charge >= 0.3 is 0 Å². The summed E-state index contributed by atoms with van der Waals surface area (Å²) in [5, 5.41) is 6.40. The van der Waals surface area contributed by atoms with Crippen molar-refractivity contribution in [3.05, 3.63) is 82.6 Å². The summed E-state index contributed by atoms with van der Waals surface area (Å²) in [5.74, 6) is -0.158. The Morgan fingerprint density at radius 1 is 1.07 bits per heavy atom. The highest BCUT2D eigenvalue weighted by atomic mass is 35.5. The van der Waals surface area contributed by atoms with Gasteiger partial charge in [0.2, 0.25) is 0 Å². The molecule has 30 heavy (non-hydrogen) atoms. The fraction of sp³-hybridized carbons (Fsp3) is 0.208. The predicted molar refractivity (Wildman–Crippen MR) is 120 cm³/mol. The number of ether oxygens (including phenoxy) is 1. The van der Waals surface area contributed by atoms with Gasteiger partial charge in [-0.3, -0.25) is 4.79 Å². The van der Waals surface area contributed by atoms with Gasteiger partial charge in [0.05, 0.1) is 12.8 Å². The summed E-state index contributed by atoms with van der Waals surface area (Å²) in [6.07, 6.45) is 0. The lowest BCUT2D eigenvalue weighted by molar-refractivity contribution is 0.102. The van der Waals surface area contributed by atoms with Gasteiger partial charge < -0.3 is 15.4 Å². The van der Waals surface area contributed by atoms with Crippen LogP contribution in [0.4, 0.5) is 10.1 Å². The lowest BCUT2D eigenvalue weighted by Gasteiger charge is -2.14. The van der Waals surface area contributed by atoms with Gasteiger partial charge in [-0.1, -0.05) is 43.6 Å². The van der Waals surface area contributed by atoms with Gasteiger partial charge in [-0.05, 0) is 53.6 Å². The maximum Gasteiger partial charge on any atom is 0.255 e. The molecule has 1 amide bonds. The number of halogens is 2. The van der Waals surface area contributed by atoms with Crippen molar-refractivity contribution in [3.63, 3.8) is 0 Å². The van der Waals surface area contributed by atoms with Gasteiger partial charge in [0.15, 0.2) is 0 Å². The van der Waals surface area contributed by atoms with Crippen molar-refractivity contribution in [3.8, 4) is 16.9 Å². The van der Waals surface area contributed by atoms with E-state index in [1.165, 1.54) is 12.1 Å². The topological polar surface area (TPSA) is 50.4 Å². The highest BCUT2D eigenvalue weighted by Crippen LogP contribution is 2.29.